The fourth-order valence-electron chi connectivity index (χ4n) is 1.69. The molecule has 0 bridgehead atoms. The van der Waals surface area contributed by atoms with E-state index in [1.807, 2.05) is 0 Å². The van der Waals surface area contributed by atoms with Gasteiger partial charge >= 0.3 is 0 Å². The maximum atomic E-state index is 5.58. The molecule has 0 aromatic rings. The van der Waals surface area contributed by atoms with Crippen molar-refractivity contribution in [2.75, 3.05) is 12.5 Å². The second-order valence-electron chi connectivity index (χ2n) is 3.41. The van der Waals surface area contributed by atoms with Gasteiger partial charge in [0, 0.05) is 5.88 Å². The van der Waals surface area contributed by atoms with Crippen LogP contribution in [0.15, 0.2) is 0 Å². The van der Waals surface area contributed by atoms with Gasteiger partial charge in [-0.1, -0.05) is 0 Å². The molecule has 72 valence electrons. The van der Waals surface area contributed by atoms with Crippen molar-refractivity contribution in [1.29, 1.82) is 0 Å². The highest BCUT2D eigenvalue weighted by atomic mass is 35.5. The third-order valence-electron chi connectivity index (χ3n) is 2.08. The standard InChI is InChI=1S/C9H17ClO2/c1-7-5-9(11-4-3-10)6-8(2)12-7/h7-9H,3-6H2,1-2H3. The molecule has 2 unspecified atom stereocenters. The van der Waals surface area contributed by atoms with Gasteiger partial charge in [-0.3, -0.25) is 0 Å². The third kappa shape index (κ3) is 3.30. The predicted molar refractivity (Wildman–Crippen MR) is 49.7 cm³/mol. The minimum Gasteiger partial charge on any atom is -0.377 e. The van der Waals surface area contributed by atoms with Gasteiger partial charge in [0.15, 0.2) is 0 Å². The molecule has 0 amide bonds. The summed E-state index contributed by atoms with van der Waals surface area (Å²) < 4.78 is 11.1. The summed E-state index contributed by atoms with van der Waals surface area (Å²) in [6.45, 7) is 4.84. The number of hydrogen-bond acceptors (Lipinski definition) is 2. The van der Waals surface area contributed by atoms with Crippen LogP contribution in [-0.2, 0) is 9.47 Å². The van der Waals surface area contributed by atoms with Gasteiger partial charge in [0.05, 0.1) is 24.9 Å². The number of ether oxygens (including phenoxy) is 2. The summed E-state index contributed by atoms with van der Waals surface area (Å²) in [5.74, 6) is 0.583. The average Bonchev–Trinajstić information content (AvgIpc) is 1.99. The summed E-state index contributed by atoms with van der Waals surface area (Å²) in [5, 5.41) is 0. The topological polar surface area (TPSA) is 18.5 Å². The second kappa shape index (κ2) is 5.05. The van der Waals surface area contributed by atoms with Crippen LogP contribution in [0.2, 0.25) is 0 Å². The lowest BCUT2D eigenvalue weighted by molar-refractivity contribution is -0.0990. The van der Waals surface area contributed by atoms with Crippen molar-refractivity contribution in [1.82, 2.24) is 0 Å². The van der Waals surface area contributed by atoms with Crippen molar-refractivity contribution in [3.05, 3.63) is 0 Å². The first-order valence-corrected chi connectivity index (χ1v) is 5.09. The number of rotatable bonds is 3. The SMILES string of the molecule is CC1CC(OCCCl)CC(C)O1. The number of hydrogen-bond donors (Lipinski definition) is 0. The quantitative estimate of drug-likeness (QED) is 0.639. The Balaban J connectivity index is 2.24. The van der Waals surface area contributed by atoms with Crippen molar-refractivity contribution in [3.8, 4) is 0 Å². The van der Waals surface area contributed by atoms with Crippen molar-refractivity contribution >= 4 is 11.6 Å². The first-order valence-electron chi connectivity index (χ1n) is 4.55. The third-order valence-corrected chi connectivity index (χ3v) is 2.24. The first-order chi connectivity index (χ1) is 5.72. The molecule has 0 aromatic heterocycles. The average molecular weight is 193 g/mol. The highest BCUT2D eigenvalue weighted by Gasteiger charge is 2.24. The fraction of sp³-hybridized carbons (Fsp3) is 1.00. The highest BCUT2D eigenvalue weighted by molar-refractivity contribution is 6.17. The van der Waals surface area contributed by atoms with E-state index in [1.165, 1.54) is 0 Å². The Morgan fingerprint density at radius 2 is 1.92 bits per heavy atom. The van der Waals surface area contributed by atoms with Gasteiger partial charge in [-0.05, 0) is 26.7 Å². The van der Waals surface area contributed by atoms with Gasteiger partial charge in [-0.25, -0.2) is 0 Å². The van der Waals surface area contributed by atoms with E-state index in [2.05, 4.69) is 13.8 Å². The Morgan fingerprint density at radius 1 is 1.33 bits per heavy atom. The molecule has 1 heterocycles. The minimum atomic E-state index is 0.328. The molecular weight excluding hydrogens is 176 g/mol. The van der Waals surface area contributed by atoms with Crippen molar-refractivity contribution in [2.24, 2.45) is 0 Å². The van der Waals surface area contributed by atoms with Crippen LogP contribution in [0.4, 0.5) is 0 Å². The van der Waals surface area contributed by atoms with Gasteiger partial charge in [0.25, 0.3) is 0 Å². The van der Waals surface area contributed by atoms with E-state index in [1.54, 1.807) is 0 Å². The van der Waals surface area contributed by atoms with E-state index in [-0.39, 0.29) is 0 Å². The zero-order valence-electron chi connectivity index (χ0n) is 7.75. The number of halogens is 1. The minimum absolute atomic E-state index is 0.328. The normalized spacial score (nSPS) is 36.8. The van der Waals surface area contributed by atoms with Crippen LogP contribution in [-0.4, -0.2) is 30.8 Å². The molecule has 12 heavy (non-hydrogen) atoms. The molecule has 0 spiro atoms. The molecule has 0 N–H and O–H groups in total. The molecular formula is C9H17ClO2. The van der Waals surface area contributed by atoms with E-state index >= 15 is 0 Å². The molecule has 3 heteroatoms. The summed E-state index contributed by atoms with van der Waals surface area (Å²) in [7, 11) is 0. The summed E-state index contributed by atoms with van der Waals surface area (Å²) in [4.78, 5) is 0. The zero-order valence-corrected chi connectivity index (χ0v) is 8.51. The van der Waals surface area contributed by atoms with Gasteiger partial charge in [-0.2, -0.15) is 0 Å². The van der Waals surface area contributed by atoms with E-state index < -0.39 is 0 Å². The molecule has 1 aliphatic heterocycles. The Hall–Kier alpha value is 0.210. The summed E-state index contributed by atoms with van der Waals surface area (Å²) in [5.41, 5.74) is 0. The molecule has 2 atom stereocenters. The van der Waals surface area contributed by atoms with E-state index in [9.17, 15) is 0 Å². The molecule has 0 aliphatic carbocycles. The van der Waals surface area contributed by atoms with Crippen LogP contribution in [0, 0.1) is 0 Å². The molecule has 0 aromatic carbocycles. The van der Waals surface area contributed by atoms with Crippen LogP contribution < -0.4 is 0 Å². The molecule has 1 saturated heterocycles. The zero-order chi connectivity index (χ0) is 8.97. The largest absolute Gasteiger partial charge is 0.377 e. The Bertz CT molecular complexity index is 120. The molecule has 1 aliphatic rings. The Labute approximate surface area is 79.2 Å². The monoisotopic (exact) mass is 192 g/mol. The lowest BCUT2D eigenvalue weighted by Crippen LogP contribution is -2.34. The molecule has 0 radical (unpaired) electrons. The van der Waals surface area contributed by atoms with Crippen molar-refractivity contribution in [2.45, 2.75) is 45.0 Å². The first kappa shape index (κ1) is 10.3. The van der Waals surface area contributed by atoms with Crippen LogP contribution >= 0.6 is 11.6 Å². The summed E-state index contributed by atoms with van der Waals surface area (Å²) in [6.07, 6.45) is 3.01. The maximum absolute atomic E-state index is 5.58. The van der Waals surface area contributed by atoms with Crippen LogP contribution in [0.3, 0.4) is 0 Å². The Kier molecular flexibility index (Phi) is 4.33. The highest BCUT2D eigenvalue weighted by Crippen LogP contribution is 2.21. The molecule has 1 rings (SSSR count). The van der Waals surface area contributed by atoms with E-state index in [0.29, 0.717) is 30.8 Å². The van der Waals surface area contributed by atoms with Gasteiger partial charge < -0.3 is 9.47 Å². The lowest BCUT2D eigenvalue weighted by Gasteiger charge is -2.31. The second-order valence-corrected chi connectivity index (χ2v) is 3.79. The number of alkyl halides is 1. The van der Waals surface area contributed by atoms with Crippen molar-refractivity contribution in [3.63, 3.8) is 0 Å². The van der Waals surface area contributed by atoms with Crippen molar-refractivity contribution < 1.29 is 9.47 Å². The van der Waals surface area contributed by atoms with Gasteiger partial charge in [0.1, 0.15) is 0 Å². The molecule has 1 fully saturated rings. The molecule has 0 saturated carbocycles. The smallest absolute Gasteiger partial charge is 0.0624 e. The van der Waals surface area contributed by atoms with Gasteiger partial charge in [0.2, 0.25) is 0 Å². The Morgan fingerprint density at radius 3 is 2.42 bits per heavy atom. The van der Waals surface area contributed by atoms with Crippen LogP contribution in [0.25, 0.3) is 0 Å². The summed E-state index contributed by atoms with van der Waals surface area (Å²) >= 11 is 5.54. The van der Waals surface area contributed by atoms with E-state index in [0.717, 1.165) is 12.8 Å². The maximum Gasteiger partial charge on any atom is 0.0624 e. The van der Waals surface area contributed by atoms with Crippen LogP contribution in [0.5, 0.6) is 0 Å². The fourth-order valence-corrected chi connectivity index (χ4v) is 1.78. The lowest BCUT2D eigenvalue weighted by atomic mass is 10.0. The van der Waals surface area contributed by atoms with Gasteiger partial charge in [-0.15, -0.1) is 11.6 Å². The summed E-state index contributed by atoms with van der Waals surface area (Å²) in [6, 6.07) is 0. The van der Waals surface area contributed by atoms with E-state index in [4.69, 9.17) is 21.1 Å². The van der Waals surface area contributed by atoms with Crippen LogP contribution in [0.1, 0.15) is 26.7 Å². The predicted octanol–water partition coefficient (Wildman–Crippen LogP) is 2.20. The molecule has 2 nitrogen and oxygen atoms in total.